The van der Waals surface area contributed by atoms with Crippen molar-refractivity contribution in [2.24, 2.45) is 17.8 Å². The maximum atomic E-state index is 16.2. The first-order valence-corrected chi connectivity index (χ1v) is 17.9. The molecule has 0 aromatic heterocycles. The Labute approximate surface area is 271 Å². The SMILES string of the molecule is O=C(NCc1ccccc1)C1=CN2C3CC4OC5CCCCC5C4CC3OC3C(NCCCN4CCOCC4)C(F)CC(C1=O)C32. The predicted octanol–water partition coefficient (Wildman–Crippen LogP) is 2.98. The highest BCUT2D eigenvalue weighted by Crippen LogP contribution is 2.52. The lowest BCUT2D eigenvalue weighted by Crippen LogP contribution is -2.73. The normalized spacial score (nSPS) is 40.3. The summed E-state index contributed by atoms with van der Waals surface area (Å²) in [4.78, 5) is 32.2. The van der Waals surface area contributed by atoms with Crippen LogP contribution < -0.4 is 10.6 Å². The van der Waals surface area contributed by atoms with Crippen molar-refractivity contribution in [3.63, 3.8) is 0 Å². The number of amides is 1. The van der Waals surface area contributed by atoms with Crippen molar-refractivity contribution < 1.29 is 28.2 Å². The van der Waals surface area contributed by atoms with Crippen LogP contribution >= 0.6 is 0 Å². The largest absolute Gasteiger partial charge is 0.379 e. The molecule has 1 amide bonds. The van der Waals surface area contributed by atoms with Gasteiger partial charge in [0.1, 0.15) is 6.17 Å². The number of ketones is 1. The highest BCUT2D eigenvalue weighted by Gasteiger charge is 2.61. The molecule has 0 radical (unpaired) electrons. The van der Waals surface area contributed by atoms with E-state index in [0.717, 1.165) is 64.1 Å². The minimum atomic E-state index is -1.24. The second-order valence-electron chi connectivity index (χ2n) is 14.7. The van der Waals surface area contributed by atoms with E-state index in [4.69, 9.17) is 14.2 Å². The third-order valence-electron chi connectivity index (χ3n) is 12.1. The minimum absolute atomic E-state index is 0.00620. The van der Waals surface area contributed by atoms with E-state index in [1.807, 2.05) is 36.5 Å². The number of carbonyl (C=O) groups is 2. The molecule has 250 valence electrons. The second-order valence-corrected chi connectivity index (χ2v) is 14.7. The molecule has 0 spiro atoms. The van der Waals surface area contributed by atoms with E-state index in [2.05, 4.69) is 20.4 Å². The third-order valence-corrected chi connectivity index (χ3v) is 12.1. The number of halogens is 1. The smallest absolute Gasteiger partial charge is 0.256 e. The number of hydrogen-bond donors (Lipinski definition) is 2. The molecule has 11 atom stereocenters. The molecule has 2 N–H and O–H groups in total. The van der Waals surface area contributed by atoms with Gasteiger partial charge in [-0.25, -0.2) is 4.39 Å². The number of alkyl halides is 1. The highest BCUT2D eigenvalue weighted by molar-refractivity contribution is 6.20. The molecule has 1 aromatic carbocycles. The number of rotatable bonds is 8. The van der Waals surface area contributed by atoms with Crippen molar-refractivity contribution in [2.45, 2.75) is 107 Å². The van der Waals surface area contributed by atoms with Crippen LogP contribution in [0.25, 0.3) is 0 Å². The van der Waals surface area contributed by atoms with Crippen LogP contribution in [0.4, 0.5) is 4.39 Å². The van der Waals surface area contributed by atoms with E-state index >= 15 is 4.39 Å². The maximum absolute atomic E-state index is 16.2. The topological polar surface area (TPSA) is 92.4 Å². The number of morpholine rings is 2. The molecule has 4 aliphatic heterocycles. The average Bonchev–Trinajstić information content (AvgIpc) is 3.45. The van der Waals surface area contributed by atoms with Gasteiger partial charge < -0.3 is 29.7 Å². The highest BCUT2D eigenvalue weighted by atomic mass is 19.1. The number of fused-ring (bicyclic) bond motifs is 5. The number of nitrogens with one attached hydrogen (secondary N) is 2. The van der Waals surface area contributed by atoms with E-state index in [-0.39, 0.29) is 48.0 Å². The van der Waals surface area contributed by atoms with E-state index < -0.39 is 24.2 Å². The number of Topliss-reactive ketones (excluding diaryl/α,β-unsaturated/α-hetero) is 1. The predicted molar refractivity (Wildman–Crippen MR) is 169 cm³/mol. The zero-order valence-corrected chi connectivity index (χ0v) is 26.7. The zero-order chi connectivity index (χ0) is 31.2. The fourth-order valence-corrected chi connectivity index (χ4v) is 9.90. The third kappa shape index (κ3) is 5.82. The van der Waals surface area contributed by atoms with Gasteiger partial charge in [-0.15, -0.1) is 0 Å². The molecule has 46 heavy (non-hydrogen) atoms. The van der Waals surface area contributed by atoms with Crippen molar-refractivity contribution in [1.82, 2.24) is 20.4 Å². The molecule has 3 saturated heterocycles. The fourth-order valence-electron chi connectivity index (χ4n) is 9.90. The quantitative estimate of drug-likeness (QED) is 0.333. The van der Waals surface area contributed by atoms with Crippen LogP contribution in [0.1, 0.15) is 56.9 Å². The van der Waals surface area contributed by atoms with Gasteiger partial charge in [-0.05, 0) is 69.0 Å². The van der Waals surface area contributed by atoms with Gasteiger partial charge in [-0.2, -0.15) is 0 Å². The Morgan fingerprint density at radius 1 is 0.957 bits per heavy atom. The first-order valence-electron chi connectivity index (χ1n) is 17.9. The molecule has 7 aliphatic rings. The summed E-state index contributed by atoms with van der Waals surface area (Å²) < 4.78 is 35.4. The summed E-state index contributed by atoms with van der Waals surface area (Å²) >= 11 is 0. The van der Waals surface area contributed by atoms with Crippen molar-refractivity contribution in [1.29, 1.82) is 0 Å². The van der Waals surface area contributed by atoms with Gasteiger partial charge in [0.15, 0.2) is 5.78 Å². The van der Waals surface area contributed by atoms with E-state index in [0.29, 0.717) is 31.0 Å². The Bertz CT molecular complexity index is 1290. The molecule has 9 nitrogen and oxygen atoms in total. The molecule has 6 fully saturated rings. The number of nitrogens with zero attached hydrogens (tertiary/aromatic N) is 2. The lowest BCUT2D eigenvalue weighted by molar-refractivity contribution is -0.209. The van der Waals surface area contributed by atoms with E-state index in [9.17, 15) is 9.59 Å². The van der Waals surface area contributed by atoms with Crippen LogP contribution in [0.3, 0.4) is 0 Å². The lowest BCUT2D eigenvalue weighted by atomic mass is 9.67. The Kier molecular flexibility index (Phi) is 8.92. The number of benzene rings is 1. The fraction of sp³-hybridized carbons (Fsp3) is 0.722. The summed E-state index contributed by atoms with van der Waals surface area (Å²) in [7, 11) is 0. The molecular weight excluding hydrogens is 587 g/mol. The van der Waals surface area contributed by atoms with Crippen LogP contribution in [-0.2, 0) is 30.3 Å². The summed E-state index contributed by atoms with van der Waals surface area (Å²) in [6, 6.07) is 8.89. The van der Waals surface area contributed by atoms with Crippen molar-refractivity contribution >= 4 is 11.7 Å². The molecule has 10 heteroatoms. The summed E-state index contributed by atoms with van der Waals surface area (Å²) in [6.07, 6.45) is 8.05. The Balaban J connectivity index is 1.04. The Morgan fingerprint density at radius 2 is 1.78 bits per heavy atom. The van der Waals surface area contributed by atoms with Gasteiger partial charge in [0.2, 0.25) is 0 Å². The summed E-state index contributed by atoms with van der Waals surface area (Å²) in [5.74, 6) is -0.250. The first kappa shape index (κ1) is 30.9. The number of carbonyl (C=O) groups excluding carboxylic acids is 2. The van der Waals surface area contributed by atoms with Crippen molar-refractivity contribution in [3.05, 3.63) is 47.7 Å². The average molecular weight is 637 g/mol. The molecule has 3 saturated carbocycles. The van der Waals surface area contributed by atoms with Crippen molar-refractivity contribution in [3.8, 4) is 0 Å². The minimum Gasteiger partial charge on any atom is -0.379 e. The Morgan fingerprint density at radius 3 is 2.63 bits per heavy atom. The summed E-state index contributed by atoms with van der Waals surface area (Å²) in [5, 5.41) is 6.52. The Hall–Kier alpha value is -2.37. The van der Waals surface area contributed by atoms with Crippen LogP contribution in [0.15, 0.2) is 42.1 Å². The van der Waals surface area contributed by atoms with Crippen molar-refractivity contribution in [2.75, 3.05) is 39.4 Å². The molecule has 1 aromatic rings. The number of ether oxygens (including phenoxy) is 3. The first-order chi connectivity index (χ1) is 22.5. The van der Waals surface area contributed by atoms with E-state index in [1.165, 1.54) is 19.3 Å². The lowest BCUT2D eigenvalue weighted by Gasteiger charge is -2.60. The molecule has 11 unspecified atom stereocenters. The summed E-state index contributed by atoms with van der Waals surface area (Å²) in [5.41, 5.74) is 1.11. The van der Waals surface area contributed by atoms with Gasteiger partial charge in [-0.3, -0.25) is 14.5 Å². The van der Waals surface area contributed by atoms with Gasteiger partial charge in [0.25, 0.3) is 5.91 Å². The van der Waals surface area contributed by atoms with Crippen LogP contribution in [0.5, 0.6) is 0 Å². The molecule has 3 aliphatic carbocycles. The summed E-state index contributed by atoms with van der Waals surface area (Å²) in [6.45, 7) is 5.37. The second kappa shape index (κ2) is 13.3. The van der Waals surface area contributed by atoms with Gasteiger partial charge in [-0.1, -0.05) is 43.2 Å². The number of hydrogen-bond acceptors (Lipinski definition) is 8. The molecule has 4 heterocycles. The maximum Gasteiger partial charge on any atom is 0.256 e. The van der Waals surface area contributed by atoms with Crippen LogP contribution in [0, 0.1) is 17.8 Å². The monoisotopic (exact) mass is 636 g/mol. The van der Waals surface area contributed by atoms with Crippen LogP contribution in [0.2, 0.25) is 0 Å². The zero-order valence-electron chi connectivity index (χ0n) is 26.7. The molecule has 0 bridgehead atoms. The van der Waals surface area contributed by atoms with Gasteiger partial charge in [0.05, 0.1) is 61.3 Å². The van der Waals surface area contributed by atoms with Gasteiger partial charge in [0, 0.05) is 31.8 Å². The molecule has 8 rings (SSSR count). The van der Waals surface area contributed by atoms with E-state index in [1.54, 1.807) is 0 Å². The van der Waals surface area contributed by atoms with Crippen LogP contribution in [-0.4, -0.2) is 110 Å². The van der Waals surface area contributed by atoms with Gasteiger partial charge >= 0.3 is 0 Å². The molecular formula is C36H49FN4O5. The standard InChI is InChI=1S/C36H49FN4O5/c37-27-17-25-33-35(32(27)38-11-6-12-40-13-15-44-16-14-40)46-31-18-24-23-9-4-5-10-29(23)45-30(24)19-28(31)41(33)21-26(34(25)42)36(43)39-20-22-7-2-1-3-8-22/h1-3,7-8,21,23-25,27-33,35,38H,4-6,9-20H2,(H,39,43).